The Labute approximate surface area is 839 Å². The average Bonchev–Trinajstić information content (AvgIpc) is 1.67. The Balaban J connectivity index is 0.000000107. The predicted octanol–water partition coefficient (Wildman–Crippen LogP) is 11.3. The van der Waals surface area contributed by atoms with E-state index in [0.717, 1.165) is 309 Å². The predicted molar refractivity (Wildman–Crippen MR) is 531 cm³/mol. The zero-order valence-corrected chi connectivity index (χ0v) is 85.0. The highest BCUT2D eigenvalue weighted by molar-refractivity contribution is 7.91. The number of carbonyl (C=O) groups excluding carboxylic acids is 5. The summed E-state index contributed by atoms with van der Waals surface area (Å²) in [4.78, 5) is 62.7. The molecule has 5 aromatic carbocycles. The third kappa shape index (κ3) is 19.8. The second-order valence-corrected chi connectivity index (χ2v) is 48.7. The molecule has 0 saturated heterocycles. The molecule has 0 radical (unpaired) electrons. The number of hydrogen-bond acceptors (Lipinski definition) is 26. The van der Waals surface area contributed by atoms with Gasteiger partial charge in [0.1, 0.15) is 12.7 Å². The van der Waals surface area contributed by atoms with Crippen molar-refractivity contribution in [1.82, 2.24) is 72.5 Å². The number of nitrogens with one attached hydrogen (secondary N) is 10. The van der Waals surface area contributed by atoms with Crippen molar-refractivity contribution >= 4 is 109 Å². The molecule has 5 aliphatic heterocycles. The molecule has 11 N–H and O–H groups in total. The number of benzene rings is 5. The van der Waals surface area contributed by atoms with Crippen LogP contribution in [-0.2, 0) is 205 Å². The van der Waals surface area contributed by atoms with E-state index in [-0.39, 0.29) is 78.5 Å². The van der Waals surface area contributed by atoms with Gasteiger partial charge in [-0.1, -0.05) is 44.2 Å². The molecule has 15 aliphatic rings. The minimum Gasteiger partial charge on any atom is -0.477 e. The van der Waals surface area contributed by atoms with Crippen molar-refractivity contribution in [2.45, 2.75) is 302 Å². The largest absolute Gasteiger partial charge is 0.477 e. The number of urea groups is 5. The normalized spacial score (nSPS) is 18.7. The van der Waals surface area contributed by atoms with E-state index in [1.54, 1.807) is 4.68 Å². The van der Waals surface area contributed by atoms with Crippen LogP contribution in [0.2, 0.25) is 0 Å². The number of aliphatic hydroxyl groups excluding tert-OH is 1. The van der Waals surface area contributed by atoms with Crippen molar-refractivity contribution in [1.29, 1.82) is 0 Å². The van der Waals surface area contributed by atoms with Gasteiger partial charge in [0.15, 0.2) is 24.5 Å². The second-order valence-electron chi connectivity index (χ2n) is 40.4. The third-order valence-electron chi connectivity index (χ3n) is 29.8. The maximum absolute atomic E-state index is 12.9. The molecule has 2 atom stereocenters. The lowest BCUT2D eigenvalue weighted by atomic mass is 9.94. The van der Waals surface area contributed by atoms with Crippen LogP contribution in [0.25, 0.3) is 0 Å². The molecule has 10 aromatic rings. The van der Waals surface area contributed by atoms with Crippen LogP contribution in [-0.4, -0.2) is 165 Å². The summed E-state index contributed by atoms with van der Waals surface area (Å²) in [5, 5.41) is 44.2. The summed E-state index contributed by atoms with van der Waals surface area (Å²) in [6, 6.07) is 7.58. The Kier molecular flexibility index (Phi) is 26.8. The first-order valence-corrected chi connectivity index (χ1v) is 57.7. The van der Waals surface area contributed by atoms with Crippen molar-refractivity contribution in [3.05, 3.63) is 173 Å². The van der Waals surface area contributed by atoms with Crippen LogP contribution in [0.5, 0.6) is 29.4 Å². The van der Waals surface area contributed by atoms with Gasteiger partial charge in [0.25, 0.3) is 50.1 Å². The van der Waals surface area contributed by atoms with Crippen LogP contribution in [0.1, 0.15) is 228 Å². The molecule has 2 unspecified atom stereocenters. The van der Waals surface area contributed by atoms with Crippen molar-refractivity contribution in [2.75, 3.05) is 59.6 Å². The Morgan fingerprint density at radius 1 is 0.317 bits per heavy atom. The highest BCUT2D eigenvalue weighted by Gasteiger charge is 2.41. The summed E-state index contributed by atoms with van der Waals surface area (Å²) in [6.07, 6.45) is 38.2. The van der Waals surface area contributed by atoms with Gasteiger partial charge in [0, 0.05) is 59.8 Å². The number of aryl methyl sites for hydroxylation is 12. The van der Waals surface area contributed by atoms with E-state index in [0.29, 0.717) is 46.1 Å². The number of carbonyl (C=O) groups is 5. The van der Waals surface area contributed by atoms with Gasteiger partial charge in [0.2, 0.25) is 29.4 Å². The maximum Gasteiger partial charge on any atom is 0.333 e. The molecule has 41 nitrogen and oxygen atoms in total. The monoisotopic (exact) mass is 2080 g/mol. The number of sulfonamides is 5. The highest BCUT2D eigenvalue weighted by Crippen LogP contribution is 2.47. The van der Waals surface area contributed by atoms with Gasteiger partial charge in [0.05, 0.1) is 76.5 Å². The number of nitrogens with zero attached hydrogens (tertiary/aromatic N) is 10. The lowest BCUT2D eigenvalue weighted by Gasteiger charge is -2.30. The first-order valence-electron chi connectivity index (χ1n) is 50.3. The summed E-state index contributed by atoms with van der Waals surface area (Å²) in [6.45, 7) is 9.52. The quantitative estimate of drug-likeness (QED) is 0.0454. The summed E-state index contributed by atoms with van der Waals surface area (Å²) < 4.78 is 174. The number of aliphatic hydroxyl groups is 1. The Morgan fingerprint density at radius 2 is 0.579 bits per heavy atom. The van der Waals surface area contributed by atoms with Gasteiger partial charge < -0.3 is 55.4 Å². The summed E-state index contributed by atoms with van der Waals surface area (Å²) >= 11 is 0. The van der Waals surface area contributed by atoms with Crippen LogP contribution in [0.4, 0.5) is 52.4 Å². The zero-order chi connectivity index (χ0) is 101. The van der Waals surface area contributed by atoms with E-state index >= 15 is 0 Å². The van der Waals surface area contributed by atoms with Gasteiger partial charge in [-0.05, 0) is 324 Å². The summed E-state index contributed by atoms with van der Waals surface area (Å²) in [5.74, 6) is 0.774. The van der Waals surface area contributed by atoms with E-state index in [1.165, 1.54) is 99.1 Å². The molecule has 10 aliphatic carbocycles. The number of ether oxygens (including phenoxy) is 5. The van der Waals surface area contributed by atoms with Gasteiger partial charge in [-0.15, -0.1) is 0 Å². The molecule has 770 valence electrons. The summed E-state index contributed by atoms with van der Waals surface area (Å²) in [7, 11) is -20.6. The Hall–Kier alpha value is -12.8. The SMILES string of the molecule is CC1(C)COc2c(S(=O)(=O)NC(=O)Nc3c4c(cc5c3CCC5)CCC4)cnn2C1.CC1CCOc2c(S(=O)(=O)NC(=O)Nc3c4c(cc5c3CCC5)CCC4)cnn21.O=C(Nc1c2c(cc3c1CCC3)CCC2)NS(=O)(=O)c1cnn2c1OCC(O)C2.O=C(Nc1c2c(cc3c1CCC3)CCC2)NS(=O)(=O)c1cnn2c1OCCC2.O=C(Nc1c2c(cc3c1CCC3)CCC2)NS(=O)(=O)c1cnn2c1OCCCC2. The van der Waals surface area contributed by atoms with E-state index in [1.807, 2.05) is 20.8 Å². The standard InChI is InChI=1S/C21H26N4O4S.2C20H24N4O4S.C19H22N4O5S.C19H22N4O4S/c1-21(2)11-25-19(29-12-21)17(10-22-25)30(27,28)24-20(26)23-18-15-7-3-5-13(15)9-14-6-4-8-16(14)18;1-12-8-9-28-19-17(11-21-24(12)19)29(26,27)23-20(25)22-18-15-6-2-4-13(15)10-14-5-3-7-16(14)18;25-20(22-18-15-7-3-5-13(15)11-14-6-4-8-16(14)18)23-29(26,27)17-12-21-24-9-1-2-10-28-19(17)24;24-13-9-23-18(28-10-13)16(8-20-23)29(26,27)22-19(25)21-17-14-5-1-3-11(14)7-12-4-2-6-15(12)17;24-19(22-28(25,26)16-11-20-23-8-3-9-27-18(16)23)21-17-14-6-1-4-12(14)10-13-5-2-7-15(13)17/h9-10H,3-8,11-12H2,1-2H3,(H2,23,24,26);10-12H,2-9H2,1H3,(H2,22,23,25);11-12H,1-10H2,(H2,22,23,25);7-8,13,24H,1-6,9-10H2,(H2,21,22,25);10-11H,1-9H2,(H2,21,22,24). The Bertz CT molecular complexity index is 7400. The molecule has 145 heavy (non-hydrogen) atoms. The van der Waals surface area contributed by atoms with Crippen LogP contribution in [0.3, 0.4) is 0 Å². The number of rotatable bonds is 15. The van der Waals surface area contributed by atoms with Gasteiger partial charge >= 0.3 is 30.2 Å². The molecule has 0 fully saturated rings. The van der Waals surface area contributed by atoms with Crippen LogP contribution in [0, 0.1) is 5.41 Å². The molecule has 25 rings (SSSR count). The lowest BCUT2D eigenvalue weighted by molar-refractivity contribution is 0.0537. The topological polar surface area (TPSA) is 532 Å². The molecular weight excluding hydrogens is 1970 g/mol. The smallest absolute Gasteiger partial charge is 0.333 e. The lowest BCUT2D eigenvalue weighted by Crippen LogP contribution is -2.36. The van der Waals surface area contributed by atoms with Crippen molar-refractivity contribution in [3.8, 4) is 29.4 Å². The van der Waals surface area contributed by atoms with Crippen LogP contribution in [0.15, 0.2) is 85.8 Å². The van der Waals surface area contributed by atoms with Crippen LogP contribution < -0.4 is 73.9 Å². The van der Waals surface area contributed by atoms with Gasteiger partial charge in [-0.2, -0.15) is 25.5 Å². The Morgan fingerprint density at radius 3 is 0.903 bits per heavy atom. The van der Waals surface area contributed by atoms with E-state index in [4.69, 9.17) is 23.7 Å². The molecule has 5 aromatic heterocycles. The zero-order valence-electron chi connectivity index (χ0n) is 81.0. The van der Waals surface area contributed by atoms with Crippen LogP contribution >= 0.6 is 0 Å². The number of fused-ring (bicyclic) bond motifs is 15. The molecule has 10 amide bonds. The number of aromatic nitrogens is 10. The molecule has 46 heteroatoms. The van der Waals surface area contributed by atoms with Crippen molar-refractivity contribution in [3.63, 3.8) is 0 Å². The van der Waals surface area contributed by atoms with E-state index in [2.05, 4.69) is 106 Å². The van der Waals surface area contributed by atoms with Crippen molar-refractivity contribution in [2.24, 2.45) is 5.41 Å². The molecular formula is C99H118N20O21S5. The number of hydrogen-bond donors (Lipinski definition) is 11. The molecule has 10 heterocycles. The second kappa shape index (κ2) is 39.5. The fraction of sp³-hybridized carbons (Fsp3) is 0.495. The minimum atomic E-state index is -4.18. The van der Waals surface area contributed by atoms with E-state index < -0.39 is 86.4 Å². The maximum atomic E-state index is 12.9. The third-order valence-corrected chi connectivity index (χ3v) is 36.4. The molecule has 0 saturated carbocycles. The summed E-state index contributed by atoms with van der Waals surface area (Å²) in [5.41, 5.74) is 28.0. The molecule has 0 spiro atoms. The number of anilines is 5. The first-order chi connectivity index (χ1) is 69.6. The van der Waals surface area contributed by atoms with E-state index in [9.17, 15) is 71.2 Å². The van der Waals surface area contributed by atoms with Gasteiger partial charge in [-0.3, -0.25) is 0 Å². The average molecular weight is 2080 g/mol. The minimum absolute atomic E-state index is 0.0251. The number of amides is 10. The fourth-order valence-corrected chi connectivity index (χ4v) is 28.1. The fourth-order valence-electron chi connectivity index (χ4n) is 23.2. The highest BCUT2D eigenvalue weighted by atomic mass is 32.2. The molecule has 0 bridgehead atoms. The van der Waals surface area contributed by atoms with Crippen molar-refractivity contribution < 1.29 is 94.9 Å². The first kappa shape index (κ1) is 98.2. The van der Waals surface area contributed by atoms with Gasteiger partial charge in [-0.25, -0.2) is 113 Å².